The van der Waals surface area contributed by atoms with Crippen LogP contribution in [0.1, 0.15) is 30.1 Å². The first-order valence-electron chi connectivity index (χ1n) is 8.76. The average molecular weight is 344 g/mol. The SMILES string of the molecule is CC(=O)c1cccc(Nc2cc(NC3CC3)nc(-c3ccccc3)n2)c1. The molecule has 1 aliphatic rings. The van der Waals surface area contributed by atoms with Gasteiger partial charge in [-0.1, -0.05) is 42.5 Å². The monoisotopic (exact) mass is 344 g/mol. The van der Waals surface area contributed by atoms with Crippen LogP contribution in [0, 0.1) is 0 Å². The van der Waals surface area contributed by atoms with Crippen molar-refractivity contribution in [3.63, 3.8) is 0 Å². The second kappa shape index (κ2) is 6.96. The number of aromatic nitrogens is 2. The van der Waals surface area contributed by atoms with Crippen LogP contribution in [0.25, 0.3) is 11.4 Å². The van der Waals surface area contributed by atoms with Gasteiger partial charge in [-0.2, -0.15) is 0 Å². The van der Waals surface area contributed by atoms with Crippen molar-refractivity contribution in [3.05, 3.63) is 66.2 Å². The summed E-state index contributed by atoms with van der Waals surface area (Å²) >= 11 is 0. The van der Waals surface area contributed by atoms with Gasteiger partial charge in [-0.25, -0.2) is 9.97 Å². The van der Waals surface area contributed by atoms with E-state index in [1.807, 2.05) is 60.7 Å². The summed E-state index contributed by atoms with van der Waals surface area (Å²) in [6, 6.07) is 19.8. The van der Waals surface area contributed by atoms with Crippen molar-refractivity contribution in [1.82, 2.24) is 9.97 Å². The van der Waals surface area contributed by atoms with Gasteiger partial charge in [0, 0.05) is 28.9 Å². The highest BCUT2D eigenvalue weighted by molar-refractivity contribution is 5.95. The van der Waals surface area contributed by atoms with Crippen LogP contribution in [0.4, 0.5) is 17.3 Å². The minimum Gasteiger partial charge on any atom is -0.367 e. The van der Waals surface area contributed by atoms with E-state index in [2.05, 4.69) is 20.6 Å². The molecule has 0 spiro atoms. The largest absolute Gasteiger partial charge is 0.367 e. The molecule has 0 radical (unpaired) electrons. The summed E-state index contributed by atoms with van der Waals surface area (Å²) in [6.45, 7) is 1.56. The van der Waals surface area contributed by atoms with Crippen molar-refractivity contribution in [1.29, 1.82) is 0 Å². The predicted octanol–water partition coefficient (Wildman–Crippen LogP) is 4.66. The molecule has 0 bridgehead atoms. The van der Waals surface area contributed by atoms with E-state index in [1.54, 1.807) is 6.92 Å². The van der Waals surface area contributed by atoms with E-state index >= 15 is 0 Å². The standard InChI is InChI=1S/C21H20N4O/c1-14(26)16-8-5-9-18(12-16)23-20-13-19(22-17-10-11-17)24-21(25-20)15-6-3-2-4-7-15/h2-9,12-13,17H,10-11H2,1H3,(H2,22,23,24,25). The van der Waals surface area contributed by atoms with Gasteiger partial charge >= 0.3 is 0 Å². The smallest absolute Gasteiger partial charge is 0.163 e. The van der Waals surface area contributed by atoms with Crippen molar-refractivity contribution in [2.75, 3.05) is 10.6 Å². The van der Waals surface area contributed by atoms with Crippen molar-refractivity contribution < 1.29 is 4.79 Å². The van der Waals surface area contributed by atoms with Crippen LogP contribution in [0.2, 0.25) is 0 Å². The second-order valence-corrected chi connectivity index (χ2v) is 6.51. The maximum Gasteiger partial charge on any atom is 0.163 e. The number of rotatable bonds is 6. The molecule has 1 heterocycles. The van der Waals surface area contributed by atoms with Crippen LogP contribution in [0.15, 0.2) is 60.7 Å². The third kappa shape index (κ3) is 3.88. The maximum absolute atomic E-state index is 11.6. The van der Waals surface area contributed by atoms with Gasteiger partial charge in [0.05, 0.1) is 0 Å². The van der Waals surface area contributed by atoms with Crippen molar-refractivity contribution in [2.45, 2.75) is 25.8 Å². The lowest BCUT2D eigenvalue weighted by Crippen LogP contribution is -2.06. The Morgan fingerprint density at radius 1 is 0.962 bits per heavy atom. The number of carbonyl (C=O) groups is 1. The minimum atomic E-state index is 0.0393. The van der Waals surface area contributed by atoms with E-state index in [0.29, 0.717) is 23.2 Å². The number of nitrogens with zero attached hydrogens (tertiary/aromatic N) is 2. The van der Waals surface area contributed by atoms with E-state index in [4.69, 9.17) is 0 Å². The Morgan fingerprint density at radius 3 is 2.46 bits per heavy atom. The van der Waals surface area contributed by atoms with E-state index in [-0.39, 0.29) is 5.78 Å². The molecule has 1 aromatic heterocycles. The van der Waals surface area contributed by atoms with E-state index in [9.17, 15) is 4.79 Å². The first-order valence-corrected chi connectivity index (χ1v) is 8.76. The fourth-order valence-electron chi connectivity index (χ4n) is 2.70. The lowest BCUT2D eigenvalue weighted by atomic mass is 10.1. The zero-order valence-electron chi connectivity index (χ0n) is 14.6. The molecule has 0 aliphatic heterocycles. The summed E-state index contributed by atoms with van der Waals surface area (Å²) in [5.74, 6) is 2.22. The highest BCUT2D eigenvalue weighted by atomic mass is 16.1. The van der Waals surface area contributed by atoms with Gasteiger partial charge in [0.1, 0.15) is 11.6 Å². The van der Waals surface area contributed by atoms with Crippen molar-refractivity contribution in [3.8, 4) is 11.4 Å². The van der Waals surface area contributed by atoms with Gasteiger partial charge < -0.3 is 10.6 Å². The summed E-state index contributed by atoms with van der Waals surface area (Å²) in [6.07, 6.45) is 2.35. The Morgan fingerprint density at radius 2 is 1.73 bits per heavy atom. The molecule has 1 saturated carbocycles. The van der Waals surface area contributed by atoms with E-state index in [1.165, 1.54) is 12.8 Å². The molecule has 2 N–H and O–H groups in total. The molecule has 1 aliphatic carbocycles. The molecule has 0 atom stereocenters. The van der Waals surface area contributed by atoms with Gasteiger partial charge in [0.25, 0.3) is 0 Å². The normalized spacial score (nSPS) is 13.3. The van der Waals surface area contributed by atoms with Crippen LogP contribution in [-0.2, 0) is 0 Å². The minimum absolute atomic E-state index is 0.0393. The number of anilines is 3. The van der Waals surface area contributed by atoms with Gasteiger partial charge in [-0.05, 0) is 31.9 Å². The third-order valence-corrected chi connectivity index (χ3v) is 4.23. The van der Waals surface area contributed by atoms with Crippen molar-refractivity contribution in [2.24, 2.45) is 0 Å². The van der Waals surface area contributed by atoms with Gasteiger partial charge in [-0.15, -0.1) is 0 Å². The molecule has 26 heavy (non-hydrogen) atoms. The van der Waals surface area contributed by atoms with Crippen LogP contribution in [-0.4, -0.2) is 21.8 Å². The molecular weight excluding hydrogens is 324 g/mol. The first kappa shape index (κ1) is 16.3. The Bertz CT molecular complexity index is 936. The van der Waals surface area contributed by atoms with Crippen LogP contribution < -0.4 is 10.6 Å². The summed E-state index contributed by atoms with van der Waals surface area (Å²) in [7, 11) is 0. The Balaban J connectivity index is 1.68. The lowest BCUT2D eigenvalue weighted by Gasteiger charge is -2.12. The number of Topliss-reactive ketones (excluding diaryl/α,β-unsaturated/α-hetero) is 1. The van der Waals surface area contributed by atoms with Crippen LogP contribution in [0.5, 0.6) is 0 Å². The number of ketones is 1. The fraction of sp³-hybridized carbons (Fsp3) is 0.190. The zero-order valence-corrected chi connectivity index (χ0v) is 14.6. The Kier molecular flexibility index (Phi) is 4.35. The van der Waals surface area contributed by atoms with Gasteiger partial charge in [-0.3, -0.25) is 4.79 Å². The van der Waals surface area contributed by atoms with Crippen LogP contribution >= 0.6 is 0 Å². The molecule has 3 aromatic rings. The molecule has 0 amide bonds. The number of carbonyl (C=O) groups excluding carboxylic acids is 1. The highest BCUT2D eigenvalue weighted by Gasteiger charge is 2.22. The Hall–Kier alpha value is -3.21. The van der Waals surface area contributed by atoms with E-state index in [0.717, 1.165) is 17.1 Å². The lowest BCUT2D eigenvalue weighted by molar-refractivity contribution is 0.101. The van der Waals surface area contributed by atoms with E-state index < -0.39 is 0 Å². The molecular formula is C21H20N4O. The maximum atomic E-state index is 11.6. The summed E-state index contributed by atoms with van der Waals surface area (Å²) < 4.78 is 0. The molecule has 5 nitrogen and oxygen atoms in total. The number of benzene rings is 2. The number of nitrogens with one attached hydrogen (secondary N) is 2. The third-order valence-electron chi connectivity index (χ3n) is 4.23. The molecule has 0 saturated heterocycles. The summed E-state index contributed by atoms with van der Waals surface area (Å²) in [4.78, 5) is 20.9. The second-order valence-electron chi connectivity index (χ2n) is 6.51. The summed E-state index contributed by atoms with van der Waals surface area (Å²) in [5.41, 5.74) is 2.46. The highest BCUT2D eigenvalue weighted by Crippen LogP contribution is 2.27. The first-order chi connectivity index (χ1) is 12.7. The molecule has 130 valence electrons. The molecule has 5 heteroatoms. The van der Waals surface area contributed by atoms with Gasteiger partial charge in [0.2, 0.25) is 0 Å². The predicted molar refractivity (Wildman–Crippen MR) is 104 cm³/mol. The fourth-order valence-corrected chi connectivity index (χ4v) is 2.70. The topological polar surface area (TPSA) is 66.9 Å². The molecule has 2 aromatic carbocycles. The number of hydrogen-bond acceptors (Lipinski definition) is 5. The quantitative estimate of drug-likeness (QED) is 0.636. The Labute approximate surface area is 152 Å². The summed E-state index contributed by atoms with van der Waals surface area (Å²) in [5, 5.41) is 6.74. The average Bonchev–Trinajstić information content (AvgIpc) is 3.46. The molecule has 4 rings (SSSR count). The zero-order chi connectivity index (χ0) is 17.9. The van der Waals surface area contributed by atoms with Gasteiger partial charge in [0.15, 0.2) is 11.6 Å². The number of hydrogen-bond donors (Lipinski definition) is 2. The molecule has 1 fully saturated rings. The van der Waals surface area contributed by atoms with Crippen LogP contribution in [0.3, 0.4) is 0 Å². The molecule has 0 unspecified atom stereocenters. The van der Waals surface area contributed by atoms with Crippen molar-refractivity contribution >= 4 is 23.1 Å².